The fourth-order valence-electron chi connectivity index (χ4n) is 3.13. The Labute approximate surface area is 82.1 Å². The van der Waals surface area contributed by atoms with Crippen LogP contribution < -0.4 is 5.73 Å². The highest BCUT2D eigenvalue weighted by Gasteiger charge is 2.36. The summed E-state index contributed by atoms with van der Waals surface area (Å²) in [5.41, 5.74) is 6.69. The first kappa shape index (κ1) is 9.51. The van der Waals surface area contributed by atoms with E-state index < -0.39 is 0 Å². The SMILES string of the molecule is CC1CCC2(CC1)CCC(N)CC2. The Kier molecular flexibility index (Phi) is 2.64. The summed E-state index contributed by atoms with van der Waals surface area (Å²) in [6, 6.07) is 0.518. The van der Waals surface area contributed by atoms with E-state index in [-0.39, 0.29) is 0 Å². The summed E-state index contributed by atoms with van der Waals surface area (Å²) in [6.07, 6.45) is 11.3. The Hall–Kier alpha value is -0.0400. The Balaban J connectivity index is 1.90. The first-order chi connectivity index (χ1) is 6.20. The van der Waals surface area contributed by atoms with Gasteiger partial charge in [0.05, 0.1) is 0 Å². The molecule has 1 spiro atoms. The molecule has 0 saturated heterocycles. The minimum atomic E-state index is 0.518. The van der Waals surface area contributed by atoms with Crippen LogP contribution in [0.4, 0.5) is 0 Å². The van der Waals surface area contributed by atoms with E-state index in [9.17, 15) is 0 Å². The molecule has 2 fully saturated rings. The Morgan fingerprint density at radius 2 is 1.38 bits per heavy atom. The second-order valence-electron chi connectivity index (χ2n) is 5.52. The molecule has 0 aromatic rings. The van der Waals surface area contributed by atoms with E-state index in [1.54, 1.807) is 0 Å². The first-order valence-electron chi connectivity index (χ1n) is 5.96. The van der Waals surface area contributed by atoms with Crippen LogP contribution in [0.3, 0.4) is 0 Å². The van der Waals surface area contributed by atoms with Gasteiger partial charge < -0.3 is 5.73 Å². The van der Waals surface area contributed by atoms with Crippen LogP contribution in [0.5, 0.6) is 0 Å². The van der Waals surface area contributed by atoms with E-state index >= 15 is 0 Å². The standard InChI is InChI=1S/C12H23N/c1-10-2-6-12(7-3-10)8-4-11(13)5-9-12/h10-11H,2-9,13H2,1H3. The van der Waals surface area contributed by atoms with Crippen LogP contribution >= 0.6 is 0 Å². The monoisotopic (exact) mass is 181 g/mol. The van der Waals surface area contributed by atoms with Crippen LogP contribution in [0.15, 0.2) is 0 Å². The van der Waals surface area contributed by atoms with Gasteiger partial charge in [-0.25, -0.2) is 0 Å². The zero-order valence-electron chi connectivity index (χ0n) is 8.89. The van der Waals surface area contributed by atoms with Crippen molar-refractivity contribution in [2.45, 2.75) is 64.3 Å². The van der Waals surface area contributed by atoms with Crippen LogP contribution in [-0.2, 0) is 0 Å². The normalized spacial score (nSPS) is 46.6. The van der Waals surface area contributed by atoms with Crippen molar-refractivity contribution >= 4 is 0 Å². The molecule has 0 radical (unpaired) electrons. The molecule has 0 amide bonds. The van der Waals surface area contributed by atoms with Gasteiger partial charge in [0, 0.05) is 6.04 Å². The second-order valence-corrected chi connectivity index (χ2v) is 5.52. The van der Waals surface area contributed by atoms with Gasteiger partial charge >= 0.3 is 0 Å². The number of nitrogens with two attached hydrogens (primary N) is 1. The lowest BCUT2D eigenvalue weighted by atomic mass is 9.63. The van der Waals surface area contributed by atoms with Crippen molar-refractivity contribution in [1.82, 2.24) is 0 Å². The molecule has 0 aromatic heterocycles. The third-order valence-corrected chi connectivity index (χ3v) is 4.43. The molecule has 0 unspecified atom stereocenters. The van der Waals surface area contributed by atoms with Gasteiger partial charge in [-0.2, -0.15) is 0 Å². The largest absolute Gasteiger partial charge is 0.328 e. The molecule has 2 N–H and O–H groups in total. The highest BCUT2D eigenvalue weighted by atomic mass is 14.6. The summed E-state index contributed by atoms with van der Waals surface area (Å²) in [5, 5.41) is 0. The zero-order valence-corrected chi connectivity index (χ0v) is 8.89. The number of hydrogen-bond donors (Lipinski definition) is 1. The summed E-state index contributed by atoms with van der Waals surface area (Å²) in [4.78, 5) is 0. The van der Waals surface area contributed by atoms with E-state index in [0.29, 0.717) is 6.04 Å². The molecule has 0 aliphatic heterocycles. The van der Waals surface area contributed by atoms with E-state index in [2.05, 4.69) is 6.92 Å². The molecule has 0 bridgehead atoms. The number of hydrogen-bond acceptors (Lipinski definition) is 1. The maximum atomic E-state index is 5.95. The van der Waals surface area contributed by atoms with Crippen molar-refractivity contribution in [3.8, 4) is 0 Å². The molecule has 0 aromatic carbocycles. The highest BCUT2D eigenvalue weighted by molar-refractivity contribution is 4.90. The van der Waals surface area contributed by atoms with Crippen LogP contribution in [-0.4, -0.2) is 6.04 Å². The third kappa shape index (κ3) is 2.07. The van der Waals surface area contributed by atoms with Gasteiger partial charge in [-0.1, -0.05) is 19.8 Å². The summed E-state index contributed by atoms with van der Waals surface area (Å²) >= 11 is 0. The lowest BCUT2D eigenvalue weighted by molar-refractivity contribution is 0.0945. The van der Waals surface area contributed by atoms with Crippen molar-refractivity contribution in [1.29, 1.82) is 0 Å². The average Bonchev–Trinajstić information content (AvgIpc) is 2.16. The molecular weight excluding hydrogens is 158 g/mol. The Morgan fingerprint density at radius 1 is 0.923 bits per heavy atom. The van der Waals surface area contributed by atoms with Crippen LogP contribution in [0.1, 0.15) is 58.3 Å². The average molecular weight is 181 g/mol. The molecular formula is C12H23N. The van der Waals surface area contributed by atoms with Crippen molar-refractivity contribution in [3.05, 3.63) is 0 Å². The molecule has 76 valence electrons. The van der Waals surface area contributed by atoms with E-state index in [1.807, 2.05) is 0 Å². The summed E-state index contributed by atoms with van der Waals surface area (Å²) < 4.78 is 0. The molecule has 13 heavy (non-hydrogen) atoms. The molecule has 2 aliphatic rings. The van der Waals surface area contributed by atoms with Crippen molar-refractivity contribution < 1.29 is 0 Å². The minimum absolute atomic E-state index is 0.518. The van der Waals surface area contributed by atoms with Gasteiger partial charge in [-0.05, 0) is 49.9 Å². The molecule has 2 aliphatic carbocycles. The van der Waals surface area contributed by atoms with E-state index in [0.717, 1.165) is 11.3 Å². The maximum absolute atomic E-state index is 5.95. The van der Waals surface area contributed by atoms with Gasteiger partial charge in [-0.3, -0.25) is 0 Å². The lowest BCUT2D eigenvalue weighted by Gasteiger charge is -2.43. The maximum Gasteiger partial charge on any atom is 0.00392 e. The summed E-state index contributed by atoms with van der Waals surface area (Å²) in [6.45, 7) is 2.40. The van der Waals surface area contributed by atoms with Crippen LogP contribution in [0, 0.1) is 11.3 Å². The zero-order chi connectivity index (χ0) is 9.31. The van der Waals surface area contributed by atoms with E-state index in [1.165, 1.54) is 51.4 Å². The van der Waals surface area contributed by atoms with Gasteiger partial charge in [-0.15, -0.1) is 0 Å². The minimum Gasteiger partial charge on any atom is -0.328 e. The molecule has 0 heterocycles. The van der Waals surface area contributed by atoms with Crippen LogP contribution in [0.2, 0.25) is 0 Å². The molecule has 2 rings (SSSR count). The fourth-order valence-corrected chi connectivity index (χ4v) is 3.13. The quantitative estimate of drug-likeness (QED) is 0.610. The van der Waals surface area contributed by atoms with Crippen molar-refractivity contribution in [2.75, 3.05) is 0 Å². The third-order valence-electron chi connectivity index (χ3n) is 4.43. The van der Waals surface area contributed by atoms with Crippen molar-refractivity contribution in [3.63, 3.8) is 0 Å². The molecule has 1 nitrogen and oxygen atoms in total. The predicted octanol–water partition coefficient (Wildman–Crippen LogP) is 3.08. The van der Waals surface area contributed by atoms with Crippen molar-refractivity contribution in [2.24, 2.45) is 17.1 Å². The Morgan fingerprint density at radius 3 is 1.92 bits per heavy atom. The Bertz CT molecular complexity index is 136. The smallest absolute Gasteiger partial charge is 0.00392 e. The van der Waals surface area contributed by atoms with Gasteiger partial charge in [0.2, 0.25) is 0 Å². The molecule has 2 saturated carbocycles. The van der Waals surface area contributed by atoms with E-state index in [4.69, 9.17) is 5.73 Å². The van der Waals surface area contributed by atoms with Crippen LogP contribution in [0.25, 0.3) is 0 Å². The lowest BCUT2D eigenvalue weighted by Crippen LogP contribution is -2.36. The summed E-state index contributed by atoms with van der Waals surface area (Å²) in [7, 11) is 0. The first-order valence-corrected chi connectivity index (χ1v) is 5.96. The predicted molar refractivity (Wildman–Crippen MR) is 56.5 cm³/mol. The van der Waals surface area contributed by atoms with Gasteiger partial charge in [0.15, 0.2) is 0 Å². The second kappa shape index (κ2) is 3.61. The number of rotatable bonds is 0. The summed E-state index contributed by atoms with van der Waals surface area (Å²) in [5.74, 6) is 0.987. The fraction of sp³-hybridized carbons (Fsp3) is 1.00. The molecule has 0 atom stereocenters. The highest BCUT2D eigenvalue weighted by Crippen LogP contribution is 2.48. The van der Waals surface area contributed by atoms with Gasteiger partial charge in [0.25, 0.3) is 0 Å². The van der Waals surface area contributed by atoms with Gasteiger partial charge in [0.1, 0.15) is 0 Å². The molecule has 1 heteroatoms. The topological polar surface area (TPSA) is 26.0 Å².